The summed E-state index contributed by atoms with van der Waals surface area (Å²) in [5.74, 6) is 1.50. The number of rotatable bonds is 7. The van der Waals surface area contributed by atoms with E-state index >= 15 is 0 Å². The van der Waals surface area contributed by atoms with Gasteiger partial charge in [-0.2, -0.15) is 0 Å². The van der Waals surface area contributed by atoms with E-state index in [1.807, 2.05) is 0 Å². The van der Waals surface area contributed by atoms with Crippen LogP contribution in [-0.2, 0) is 11.5 Å². The highest BCUT2D eigenvalue weighted by Crippen LogP contribution is 2.35. The normalized spacial score (nSPS) is 10.4. The quantitative estimate of drug-likeness (QED) is 0.223. The van der Waals surface area contributed by atoms with Gasteiger partial charge in [0, 0.05) is 39.8 Å². The molecule has 0 spiro atoms. The molecule has 0 radical (unpaired) electrons. The molecule has 0 atom stereocenters. The van der Waals surface area contributed by atoms with E-state index in [4.69, 9.17) is 38.6 Å². The van der Waals surface area contributed by atoms with Crippen LogP contribution < -0.4 is 16.2 Å². The zero-order valence-corrected chi connectivity index (χ0v) is 16.3. The van der Waals surface area contributed by atoms with Crippen LogP contribution >= 0.6 is 35.1 Å². The summed E-state index contributed by atoms with van der Waals surface area (Å²) < 4.78 is 5.96. The maximum absolute atomic E-state index is 11.0. The molecule has 0 saturated carbocycles. The van der Waals surface area contributed by atoms with E-state index in [1.165, 1.54) is 18.2 Å². The van der Waals surface area contributed by atoms with Crippen molar-refractivity contribution in [1.82, 2.24) is 0 Å². The molecular formula is C16H16ClN5O3S2. The predicted octanol–water partition coefficient (Wildman–Crippen LogP) is 4.29. The molecule has 0 fully saturated rings. The minimum Gasteiger partial charge on any atom is -0.457 e. The number of nitrogens with zero attached hydrogens (tertiary/aromatic N) is 1. The van der Waals surface area contributed by atoms with Gasteiger partial charge < -0.3 is 16.2 Å². The molecule has 0 unspecified atom stereocenters. The first kappa shape index (κ1) is 20.9. The first-order valence-electron chi connectivity index (χ1n) is 7.43. The van der Waals surface area contributed by atoms with E-state index in [1.54, 1.807) is 18.2 Å². The molecule has 27 heavy (non-hydrogen) atoms. The van der Waals surface area contributed by atoms with E-state index in [0.717, 1.165) is 29.1 Å². The Morgan fingerprint density at radius 2 is 1.67 bits per heavy atom. The number of nitro benzene ring substituents is 1. The molecule has 2 aromatic rings. The van der Waals surface area contributed by atoms with Crippen LogP contribution in [0.25, 0.3) is 0 Å². The highest BCUT2D eigenvalue weighted by Gasteiger charge is 2.15. The molecule has 11 heteroatoms. The van der Waals surface area contributed by atoms with Crippen LogP contribution in [0.4, 0.5) is 5.69 Å². The number of hydrogen-bond acceptors (Lipinski definition) is 7. The maximum atomic E-state index is 11.0. The van der Waals surface area contributed by atoms with Crippen molar-refractivity contribution in [3.63, 3.8) is 0 Å². The second kappa shape index (κ2) is 9.49. The largest absolute Gasteiger partial charge is 0.457 e. The zero-order chi connectivity index (χ0) is 20.0. The van der Waals surface area contributed by atoms with Crippen molar-refractivity contribution in [2.24, 2.45) is 11.5 Å². The van der Waals surface area contributed by atoms with Crippen LogP contribution in [-0.4, -0.2) is 15.3 Å². The van der Waals surface area contributed by atoms with Gasteiger partial charge in [0.25, 0.3) is 5.69 Å². The van der Waals surface area contributed by atoms with Gasteiger partial charge in [-0.05, 0) is 18.2 Å². The van der Waals surface area contributed by atoms with Crippen LogP contribution in [0, 0.1) is 20.9 Å². The summed E-state index contributed by atoms with van der Waals surface area (Å²) in [5.41, 5.74) is 12.0. The van der Waals surface area contributed by atoms with Crippen molar-refractivity contribution in [1.29, 1.82) is 10.8 Å². The third-order valence-corrected chi connectivity index (χ3v) is 5.04. The number of ether oxygens (including phenoxy) is 1. The van der Waals surface area contributed by atoms with E-state index in [-0.39, 0.29) is 21.8 Å². The minimum absolute atomic E-state index is 0.0233. The number of amidine groups is 2. The van der Waals surface area contributed by atoms with Crippen LogP contribution in [0.15, 0.2) is 36.4 Å². The number of nitrogens with two attached hydrogens (primary N) is 2. The molecule has 0 heterocycles. The number of halogens is 1. The molecule has 8 nitrogen and oxygen atoms in total. The lowest BCUT2D eigenvalue weighted by Gasteiger charge is -2.14. The summed E-state index contributed by atoms with van der Waals surface area (Å²) in [6.07, 6.45) is 0. The smallest absolute Gasteiger partial charge is 0.270 e. The zero-order valence-electron chi connectivity index (χ0n) is 13.9. The standard InChI is InChI=1S/C16H16ClN5O3S2/c17-11-2-1-9(7-26-15(18)19)14(6-11)25-13-4-3-12(22(23)24)5-10(13)8-27-16(20)21/h1-6H,7-8H2,(H3,18,19)(H3,20,21). The molecule has 2 rings (SSSR count). The van der Waals surface area contributed by atoms with Crippen molar-refractivity contribution in [3.8, 4) is 11.5 Å². The first-order chi connectivity index (χ1) is 12.8. The lowest BCUT2D eigenvalue weighted by atomic mass is 10.2. The third-order valence-electron chi connectivity index (χ3n) is 3.27. The van der Waals surface area contributed by atoms with E-state index in [2.05, 4.69) is 0 Å². The van der Waals surface area contributed by atoms with Gasteiger partial charge in [0.05, 0.1) is 4.92 Å². The molecule has 0 amide bonds. The number of benzene rings is 2. The average Bonchev–Trinajstić information content (AvgIpc) is 2.59. The Hall–Kier alpha value is -2.43. The second-order valence-electron chi connectivity index (χ2n) is 5.21. The van der Waals surface area contributed by atoms with E-state index in [0.29, 0.717) is 27.8 Å². The Balaban J connectivity index is 2.37. The van der Waals surface area contributed by atoms with Gasteiger partial charge in [0.1, 0.15) is 11.5 Å². The second-order valence-corrected chi connectivity index (χ2v) is 7.68. The summed E-state index contributed by atoms with van der Waals surface area (Å²) in [5, 5.41) is 26.1. The van der Waals surface area contributed by atoms with Crippen LogP contribution in [0.5, 0.6) is 11.5 Å². The number of nitrogens with one attached hydrogen (secondary N) is 2. The number of thioether (sulfide) groups is 2. The third kappa shape index (κ3) is 6.35. The highest BCUT2D eigenvalue weighted by atomic mass is 35.5. The Kier molecular flexibility index (Phi) is 7.34. The molecule has 0 aliphatic heterocycles. The number of hydrogen-bond donors (Lipinski definition) is 4. The van der Waals surface area contributed by atoms with Gasteiger partial charge in [-0.15, -0.1) is 0 Å². The summed E-state index contributed by atoms with van der Waals surface area (Å²) in [6.45, 7) is 0. The van der Waals surface area contributed by atoms with Gasteiger partial charge in [0.2, 0.25) is 0 Å². The Bertz CT molecular complexity index is 894. The van der Waals surface area contributed by atoms with Crippen molar-refractivity contribution in [2.45, 2.75) is 11.5 Å². The number of non-ortho nitro benzene ring substituents is 1. The van der Waals surface area contributed by atoms with E-state index < -0.39 is 4.92 Å². The van der Waals surface area contributed by atoms with Gasteiger partial charge in [-0.25, -0.2) is 0 Å². The topological polar surface area (TPSA) is 152 Å². The van der Waals surface area contributed by atoms with Crippen molar-refractivity contribution < 1.29 is 9.66 Å². The summed E-state index contributed by atoms with van der Waals surface area (Å²) >= 11 is 8.24. The monoisotopic (exact) mass is 425 g/mol. The fraction of sp³-hybridized carbons (Fsp3) is 0.125. The fourth-order valence-corrected chi connectivity index (χ4v) is 3.31. The molecule has 0 saturated heterocycles. The van der Waals surface area contributed by atoms with Crippen molar-refractivity contribution >= 4 is 51.1 Å². The number of nitro groups is 1. The average molecular weight is 426 g/mol. The summed E-state index contributed by atoms with van der Waals surface area (Å²) in [6, 6.07) is 9.32. The minimum atomic E-state index is -0.500. The molecule has 0 bridgehead atoms. The predicted molar refractivity (Wildman–Crippen MR) is 111 cm³/mol. The first-order valence-corrected chi connectivity index (χ1v) is 9.78. The van der Waals surface area contributed by atoms with Gasteiger partial charge in [-0.3, -0.25) is 20.9 Å². The molecule has 0 aliphatic carbocycles. The summed E-state index contributed by atoms with van der Waals surface area (Å²) in [7, 11) is 0. The van der Waals surface area contributed by atoms with Gasteiger partial charge in [-0.1, -0.05) is 41.2 Å². The Labute approximate surface area is 168 Å². The highest BCUT2D eigenvalue weighted by molar-refractivity contribution is 8.13. The van der Waals surface area contributed by atoms with Crippen LogP contribution in [0.1, 0.15) is 11.1 Å². The molecule has 6 N–H and O–H groups in total. The van der Waals surface area contributed by atoms with Crippen LogP contribution in [0.2, 0.25) is 5.02 Å². The lowest BCUT2D eigenvalue weighted by molar-refractivity contribution is -0.384. The van der Waals surface area contributed by atoms with Crippen molar-refractivity contribution in [3.05, 3.63) is 62.7 Å². The fourth-order valence-electron chi connectivity index (χ4n) is 2.06. The van der Waals surface area contributed by atoms with Crippen LogP contribution in [0.3, 0.4) is 0 Å². The van der Waals surface area contributed by atoms with Gasteiger partial charge in [0.15, 0.2) is 10.3 Å². The van der Waals surface area contributed by atoms with E-state index in [9.17, 15) is 10.1 Å². The SMILES string of the molecule is N=C(N)SCc1cc([N+](=O)[O-])ccc1Oc1cc(Cl)ccc1CSC(=N)N. The maximum Gasteiger partial charge on any atom is 0.270 e. The molecular weight excluding hydrogens is 410 g/mol. The Morgan fingerprint density at radius 3 is 2.26 bits per heavy atom. The Morgan fingerprint density at radius 1 is 1.04 bits per heavy atom. The molecule has 142 valence electrons. The summed E-state index contributed by atoms with van der Waals surface area (Å²) in [4.78, 5) is 10.5. The lowest BCUT2D eigenvalue weighted by Crippen LogP contribution is -2.05. The molecule has 0 aliphatic rings. The molecule has 2 aromatic carbocycles. The molecule has 0 aromatic heterocycles. The van der Waals surface area contributed by atoms with Crippen molar-refractivity contribution in [2.75, 3.05) is 0 Å². The van der Waals surface area contributed by atoms with Gasteiger partial charge >= 0.3 is 0 Å².